The summed E-state index contributed by atoms with van der Waals surface area (Å²) in [5.74, 6) is -0.405. The lowest BCUT2D eigenvalue weighted by atomic mass is 9.98. The number of fused-ring (bicyclic) bond motifs is 1. The summed E-state index contributed by atoms with van der Waals surface area (Å²) in [6, 6.07) is 23.6. The van der Waals surface area contributed by atoms with Crippen LogP contribution in [-0.2, 0) is 18.4 Å². The van der Waals surface area contributed by atoms with Crippen LogP contribution in [0.4, 0.5) is 11.4 Å². The molecule has 0 saturated carbocycles. The molecule has 2 amide bonds. The number of hydrogen-bond acceptors (Lipinski definition) is 5. The summed E-state index contributed by atoms with van der Waals surface area (Å²) in [5, 5.41) is 14.1. The van der Waals surface area contributed by atoms with Crippen molar-refractivity contribution in [1.29, 1.82) is 0 Å². The number of nitrogens with one attached hydrogen (secondary N) is 3. The molecule has 1 aromatic heterocycles. The number of aryl methyl sites for hydroxylation is 1. The van der Waals surface area contributed by atoms with Crippen molar-refractivity contribution in [2.45, 2.75) is 45.2 Å². The number of benzene rings is 3. The molecule has 4 aromatic rings. The van der Waals surface area contributed by atoms with E-state index < -0.39 is 0 Å². The molecule has 0 aliphatic carbocycles. The summed E-state index contributed by atoms with van der Waals surface area (Å²) >= 11 is 0. The summed E-state index contributed by atoms with van der Waals surface area (Å²) < 4.78 is 1.72. The lowest BCUT2D eigenvalue weighted by molar-refractivity contribution is -0.110. The number of piperidine rings is 1. The summed E-state index contributed by atoms with van der Waals surface area (Å²) in [6.07, 6.45) is 8.20. The summed E-state index contributed by atoms with van der Waals surface area (Å²) in [6.45, 7) is 5.20. The SMILES string of the molecule is CC[C@@H](NC(=O)c1ccc2c(c1)C(=C(Nc1cccc(CN3CCCCC3)c1)c1cnn(C)c1)C(=O)N2)c1ccccc1. The molecule has 1 saturated heterocycles. The number of amides is 2. The quantitative estimate of drug-likeness (QED) is 0.207. The number of rotatable bonds is 9. The van der Waals surface area contributed by atoms with Crippen LogP contribution in [0.25, 0.3) is 11.3 Å². The molecule has 0 spiro atoms. The highest BCUT2D eigenvalue weighted by atomic mass is 16.2. The van der Waals surface area contributed by atoms with Crippen molar-refractivity contribution >= 4 is 34.5 Å². The van der Waals surface area contributed by atoms with Crippen molar-refractivity contribution in [3.63, 3.8) is 0 Å². The molecule has 3 aromatic carbocycles. The molecule has 8 nitrogen and oxygen atoms in total. The van der Waals surface area contributed by atoms with Gasteiger partial charge in [-0.2, -0.15) is 5.10 Å². The number of anilines is 2. The first kappa shape index (κ1) is 28.4. The molecule has 0 bridgehead atoms. The van der Waals surface area contributed by atoms with Crippen molar-refractivity contribution < 1.29 is 9.59 Å². The number of nitrogens with zero attached hydrogens (tertiary/aromatic N) is 3. The second-order valence-corrected chi connectivity index (χ2v) is 11.4. The van der Waals surface area contributed by atoms with Gasteiger partial charge in [-0.25, -0.2) is 0 Å². The minimum Gasteiger partial charge on any atom is -0.354 e. The number of carbonyl (C=O) groups is 2. The number of aromatic nitrogens is 2. The minimum absolute atomic E-state index is 0.110. The number of carbonyl (C=O) groups excluding carboxylic acids is 2. The Morgan fingerprint density at radius 1 is 0.977 bits per heavy atom. The van der Waals surface area contributed by atoms with Gasteiger partial charge < -0.3 is 16.0 Å². The maximum atomic E-state index is 13.5. The van der Waals surface area contributed by atoms with E-state index in [2.05, 4.69) is 51.1 Å². The van der Waals surface area contributed by atoms with E-state index in [-0.39, 0.29) is 17.9 Å². The van der Waals surface area contributed by atoms with Gasteiger partial charge in [-0.3, -0.25) is 19.2 Å². The van der Waals surface area contributed by atoms with E-state index in [1.165, 1.54) is 24.8 Å². The Balaban J connectivity index is 1.33. The predicted octanol–water partition coefficient (Wildman–Crippen LogP) is 6.22. The summed E-state index contributed by atoms with van der Waals surface area (Å²) in [7, 11) is 1.85. The molecule has 0 unspecified atom stereocenters. The van der Waals surface area contributed by atoms with Gasteiger partial charge in [0.1, 0.15) is 0 Å². The summed E-state index contributed by atoms with van der Waals surface area (Å²) in [4.78, 5) is 29.5. The van der Waals surface area contributed by atoms with Crippen LogP contribution in [0, 0.1) is 0 Å². The fraction of sp³-hybridized carbons (Fsp3) is 0.286. The third kappa shape index (κ3) is 6.39. The van der Waals surface area contributed by atoms with Crippen molar-refractivity contribution in [2.24, 2.45) is 7.05 Å². The third-order valence-corrected chi connectivity index (χ3v) is 8.24. The second-order valence-electron chi connectivity index (χ2n) is 11.4. The number of likely N-dealkylation sites (tertiary alicyclic amines) is 1. The molecular formula is C35H38N6O2. The molecule has 6 rings (SSSR count). The molecule has 43 heavy (non-hydrogen) atoms. The zero-order valence-corrected chi connectivity index (χ0v) is 24.8. The first-order valence-electron chi connectivity index (χ1n) is 15.1. The standard InChI is InChI=1S/C35H38N6O2/c1-3-30(25-12-6-4-7-13-25)38-34(42)26-15-16-31-29(20-26)32(35(43)39-31)33(27-21-36-40(2)23-27)37-28-14-10-11-24(19-28)22-41-17-8-5-9-18-41/h4,6-7,10-16,19-21,23,30,37H,3,5,8-9,17-18,22H2,1-2H3,(H,38,42)(H,39,43)/t30-/m1/s1. The van der Waals surface area contributed by atoms with Gasteiger partial charge in [-0.15, -0.1) is 0 Å². The minimum atomic E-state index is -0.223. The van der Waals surface area contributed by atoms with E-state index in [0.717, 1.165) is 42.9 Å². The molecule has 8 heteroatoms. The fourth-order valence-electron chi connectivity index (χ4n) is 6.00. The number of hydrogen-bond donors (Lipinski definition) is 3. The van der Waals surface area contributed by atoms with E-state index in [4.69, 9.17) is 0 Å². The maximum absolute atomic E-state index is 13.5. The highest BCUT2D eigenvalue weighted by Crippen LogP contribution is 2.38. The van der Waals surface area contributed by atoms with E-state index in [1.807, 2.05) is 49.6 Å². The largest absolute Gasteiger partial charge is 0.354 e. The van der Waals surface area contributed by atoms with Gasteiger partial charge in [0, 0.05) is 47.9 Å². The van der Waals surface area contributed by atoms with Gasteiger partial charge in [-0.1, -0.05) is 55.8 Å². The van der Waals surface area contributed by atoms with Gasteiger partial charge >= 0.3 is 0 Å². The predicted molar refractivity (Wildman–Crippen MR) is 171 cm³/mol. The Hall–Kier alpha value is -4.69. The van der Waals surface area contributed by atoms with Crippen LogP contribution >= 0.6 is 0 Å². The Morgan fingerprint density at radius 3 is 2.53 bits per heavy atom. The Bertz CT molecular complexity index is 1650. The van der Waals surface area contributed by atoms with Crippen molar-refractivity contribution in [1.82, 2.24) is 20.0 Å². The lowest BCUT2D eigenvalue weighted by Crippen LogP contribution is -2.29. The van der Waals surface area contributed by atoms with Crippen LogP contribution in [0.15, 0.2) is 85.2 Å². The zero-order chi connectivity index (χ0) is 29.8. The first-order chi connectivity index (χ1) is 21.0. The van der Waals surface area contributed by atoms with Crippen molar-refractivity contribution in [2.75, 3.05) is 23.7 Å². The van der Waals surface area contributed by atoms with Crippen LogP contribution < -0.4 is 16.0 Å². The third-order valence-electron chi connectivity index (χ3n) is 8.24. The lowest BCUT2D eigenvalue weighted by Gasteiger charge is -2.26. The van der Waals surface area contributed by atoms with Crippen LogP contribution in [-0.4, -0.2) is 39.6 Å². The van der Waals surface area contributed by atoms with Gasteiger partial charge in [-0.05, 0) is 73.8 Å². The van der Waals surface area contributed by atoms with Gasteiger partial charge in [0.15, 0.2) is 0 Å². The monoisotopic (exact) mass is 574 g/mol. The smallest absolute Gasteiger partial charge is 0.258 e. The van der Waals surface area contributed by atoms with Crippen LogP contribution in [0.3, 0.4) is 0 Å². The van der Waals surface area contributed by atoms with Crippen LogP contribution in [0.5, 0.6) is 0 Å². The fourth-order valence-corrected chi connectivity index (χ4v) is 6.00. The molecule has 220 valence electrons. The topological polar surface area (TPSA) is 91.3 Å². The van der Waals surface area contributed by atoms with Crippen molar-refractivity contribution in [3.05, 3.63) is 113 Å². The molecular weight excluding hydrogens is 536 g/mol. The highest BCUT2D eigenvalue weighted by Gasteiger charge is 2.30. The maximum Gasteiger partial charge on any atom is 0.258 e. The Morgan fingerprint density at radius 2 is 1.79 bits per heavy atom. The molecule has 3 heterocycles. The molecule has 1 fully saturated rings. The van der Waals surface area contributed by atoms with E-state index >= 15 is 0 Å². The molecule has 1 atom stereocenters. The zero-order valence-electron chi connectivity index (χ0n) is 24.8. The van der Waals surface area contributed by atoms with Crippen LogP contribution in [0.1, 0.15) is 71.3 Å². The molecule has 2 aliphatic heterocycles. The second kappa shape index (κ2) is 12.7. The summed E-state index contributed by atoms with van der Waals surface area (Å²) in [5.41, 5.74) is 6.94. The van der Waals surface area contributed by atoms with Gasteiger partial charge in [0.2, 0.25) is 0 Å². The average molecular weight is 575 g/mol. The molecule has 2 aliphatic rings. The van der Waals surface area contributed by atoms with E-state index in [1.54, 1.807) is 29.1 Å². The Kier molecular flexibility index (Phi) is 8.38. The highest BCUT2D eigenvalue weighted by molar-refractivity contribution is 6.37. The van der Waals surface area contributed by atoms with Crippen molar-refractivity contribution in [3.8, 4) is 0 Å². The van der Waals surface area contributed by atoms with E-state index in [0.29, 0.717) is 28.1 Å². The molecule has 3 N–H and O–H groups in total. The first-order valence-corrected chi connectivity index (χ1v) is 15.1. The van der Waals surface area contributed by atoms with Crippen LogP contribution in [0.2, 0.25) is 0 Å². The normalized spacial score (nSPS) is 16.7. The van der Waals surface area contributed by atoms with Gasteiger partial charge in [0.05, 0.1) is 23.5 Å². The average Bonchev–Trinajstić information content (AvgIpc) is 3.61. The molecule has 0 radical (unpaired) electrons. The van der Waals surface area contributed by atoms with E-state index in [9.17, 15) is 9.59 Å². The van der Waals surface area contributed by atoms with Gasteiger partial charge in [0.25, 0.3) is 11.8 Å². The Labute approximate surface area is 252 Å².